The maximum atomic E-state index is 13.6. The average Bonchev–Trinajstić information content (AvgIpc) is 2.73. The van der Waals surface area contributed by atoms with E-state index in [9.17, 15) is 14.0 Å². The second-order valence-corrected chi connectivity index (χ2v) is 6.37. The molecule has 1 aromatic heterocycles. The first-order chi connectivity index (χ1) is 10.8. The number of nitrogens with two attached hydrogens (primary N) is 1. The van der Waals surface area contributed by atoms with Gasteiger partial charge in [0.05, 0.1) is 11.1 Å². The number of aryl methyl sites for hydroxylation is 1. The summed E-state index contributed by atoms with van der Waals surface area (Å²) in [7, 11) is 0. The largest absolute Gasteiger partial charge is 0.365 e. The zero-order chi connectivity index (χ0) is 17.1. The van der Waals surface area contributed by atoms with Gasteiger partial charge in [-0.2, -0.15) is 0 Å². The summed E-state index contributed by atoms with van der Waals surface area (Å²) in [5, 5.41) is 5.56. The molecule has 0 bridgehead atoms. The molecular formula is C15H14FN3O2S2. The monoisotopic (exact) mass is 351 g/mol. The molecule has 0 saturated carbocycles. The van der Waals surface area contributed by atoms with E-state index >= 15 is 0 Å². The predicted molar refractivity (Wildman–Crippen MR) is 92.4 cm³/mol. The molecule has 23 heavy (non-hydrogen) atoms. The van der Waals surface area contributed by atoms with Crippen LogP contribution in [0.1, 0.15) is 31.2 Å². The van der Waals surface area contributed by atoms with Crippen molar-refractivity contribution in [1.29, 1.82) is 0 Å². The van der Waals surface area contributed by atoms with Gasteiger partial charge < -0.3 is 11.1 Å². The molecule has 2 aromatic rings. The highest BCUT2D eigenvalue weighted by Gasteiger charge is 2.19. The number of thiophene rings is 1. The van der Waals surface area contributed by atoms with Crippen LogP contribution in [0.5, 0.6) is 0 Å². The first-order valence-corrected chi connectivity index (χ1v) is 7.80. The summed E-state index contributed by atoms with van der Waals surface area (Å²) in [4.78, 5) is 24.4. The minimum Gasteiger partial charge on any atom is -0.365 e. The Morgan fingerprint density at radius 3 is 2.52 bits per heavy atom. The van der Waals surface area contributed by atoms with Gasteiger partial charge in [0, 0.05) is 4.88 Å². The number of nitrogens with one attached hydrogen (secondary N) is 2. The van der Waals surface area contributed by atoms with E-state index in [0.717, 1.165) is 10.4 Å². The molecule has 0 unspecified atom stereocenters. The molecule has 0 aliphatic rings. The number of amides is 2. The molecule has 0 spiro atoms. The van der Waals surface area contributed by atoms with E-state index in [0.29, 0.717) is 10.6 Å². The molecule has 2 rings (SSSR count). The Morgan fingerprint density at radius 1 is 1.26 bits per heavy atom. The van der Waals surface area contributed by atoms with Gasteiger partial charge in [0.25, 0.3) is 11.8 Å². The van der Waals surface area contributed by atoms with Crippen molar-refractivity contribution in [2.24, 2.45) is 5.73 Å². The van der Waals surface area contributed by atoms with Crippen molar-refractivity contribution in [3.8, 4) is 0 Å². The topological polar surface area (TPSA) is 84.2 Å². The molecule has 4 N–H and O–H groups in total. The number of hydrogen-bond donors (Lipinski definition) is 3. The summed E-state index contributed by atoms with van der Waals surface area (Å²) >= 11 is 6.34. The van der Waals surface area contributed by atoms with Crippen molar-refractivity contribution in [3.63, 3.8) is 0 Å². The Kier molecular flexibility index (Phi) is 5.07. The minimum atomic E-state index is -0.675. The Balaban J connectivity index is 2.15. The standard InChI is InChI=1S/C15H14FN3O2S2/c1-7-8(2)23-14(11(7)12(17)20)19-15(22)18-13(21)9-5-3-4-6-10(9)16/h3-6H,1-2H3,(H2,17,20)(H2,18,19,21,22). The van der Waals surface area contributed by atoms with Crippen LogP contribution in [0.4, 0.5) is 9.39 Å². The van der Waals surface area contributed by atoms with Crippen molar-refractivity contribution >= 4 is 45.5 Å². The molecule has 1 heterocycles. The van der Waals surface area contributed by atoms with Gasteiger partial charge in [0.15, 0.2) is 5.11 Å². The van der Waals surface area contributed by atoms with Gasteiger partial charge in [-0.3, -0.25) is 14.9 Å². The smallest absolute Gasteiger partial charge is 0.260 e. The van der Waals surface area contributed by atoms with Gasteiger partial charge in [-0.05, 0) is 43.8 Å². The molecule has 5 nitrogen and oxygen atoms in total. The molecule has 2 amide bonds. The zero-order valence-corrected chi connectivity index (χ0v) is 14.0. The van der Waals surface area contributed by atoms with E-state index in [1.165, 1.54) is 29.5 Å². The molecule has 0 aliphatic carbocycles. The van der Waals surface area contributed by atoms with E-state index in [1.54, 1.807) is 13.0 Å². The summed E-state index contributed by atoms with van der Waals surface area (Å²) in [6, 6.07) is 5.56. The van der Waals surface area contributed by atoms with E-state index in [-0.39, 0.29) is 10.7 Å². The fraction of sp³-hybridized carbons (Fsp3) is 0.133. The van der Waals surface area contributed by atoms with Crippen LogP contribution in [-0.4, -0.2) is 16.9 Å². The van der Waals surface area contributed by atoms with Gasteiger partial charge in [-0.1, -0.05) is 12.1 Å². The second kappa shape index (κ2) is 6.84. The maximum absolute atomic E-state index is 13.6. The normalized spacial score (nSPS) is 10.2. The summed E-state index contributed by atoms with van der Waals surface area (Å²) in [6.07, 6.45) is 0. The molecule has 0 fully saturated rings. The molecule has 120 valence electrons. The fourth-order valence-electron chi connectivity index (χ4n) is 1.96. The number of primary amides is 1. The Morgan fingerprint density at radius 2 is 1.91 bits per heavy atom. The van der Waals surface area contributed by atoms with Crippen molar-refractivity contribution in [2.45, 2.75) is 13.8 Å². The Bertz CT molecular complexity index is 802. The lowest BCUT2D eigenvalue weighted by Crippen LogP contribution is -2.34. The van der Waals surface area contributed by atoms with Gasteiger partial charge in [0.1, 0.15) is 10.8 Å². The van der Waals surface area contributed by atoms with Gasteiger partial charge in [0.2, 0.25) is 0 Å². The third kappa shape index (κ3) is 3.72. The molecule has 0 atom stereocenters. The van der Waals surface area contributed by atoms with Crippen molar-refractivity contribution in [2.75, 3.05) is 5.32 Å². The molecule has 8 heteroatoms. The highest BCUT2D eigenvalue weighted by atomic mass is 32.1. The average molecular weight is 351 g/mol. The van der Waals surface area contributed by atoms with Crippen molar-refractivity contribution in [1.82, 2.24) is 5.32 Å². The summed E-state index contributed by atoms with van der Waals surface area (Å²) in [5.74, 6) is -1.91. The van der Waals surface area contributed by atoms with Crippen LogP contribution in [0.2, 0.25) is 0 Å². The number of carbonyl (C=O) groups excluding carboxylic acids is 2. The number of carbonyl (C=O) groups is 2. The fourth-order valence-corrected chi connectivity index (χ4v) is 3.29. The summed E-state index contributed by atoms with van der Waals surface area (Å²) in [6.45, 7) is 3.62. The maximum Gasteiger partial charge on any atom is 0.260 e. The summed E-state index contributed by atoms with van der Waals surface area (Å²) in [5.41, 5.74) is 6.33. The van der Waals surface area contributed by atoms with Crippen LogP contribution in [0.15, 0.2) is 24.3 Å². The van der Waals surface area contributed by atoms with E-state index in [2.05, 4.69) is 10.6 Å². The van der Waals surface area contributed by atoms with Gasteiger partial charge in [-0.15, -0.1) is 11.3 Å². The first-order valence-electron chi connectivity index (χ1n) is 6.58. The Labute approximate surface area is 141 Å². The second-order valence-electron chi connectivity index (χ2n) is 4.74. The number of halogens is 1. The number of benzene rings is 1. The van der Waals surface area contributed by atoms with E-state index in [4.69, 9.17) is 18.0 Å². The van der Waals surface area contributed by atoms with Crippen LogP contribution in [0.25, 0.3) is 0 Å². The van der Waals surface area contributed by atoms with Crippen LogP contribution in [0.3, 0.4) is 0 Å². The summed E-state index contributed by atoms with van der Waals surface area (Å²) < 4.78 is 13.6. The SMILES string of the molecule is Cc1sc(NC(=S)NC(=O)c2ccccc2F)c(C(N)=O)c1C. The van der Waals surface area contributed by atoms with Crippen LogP contribution < -0.4 is 16.4 Å². The number of hydrogen-bond acceptors (Lipinski definition) is 4. The van der Waals surface area contributed by atoms with Crippen molar-refractivity contribution < 1.29 is 14.0 Å². The third-order valence-corrected chi connectivity index (χ3v) is 4.53. The molecule has 0 radical (unpaired) electrons. The van der Waals surface area contributed by atoms with Crippen LogP contribution in [0, 0.1) is 19.7 Å². The van der Waals surface area contributed by atoms with E-state index in [1.807, 2.05) is 6.92 Å². The highest BCUT2D eigenvalue weighted by molar-refractivity contribution is 7.80. The quantitative estimate of drug-likeness (QED) is 0.743. The first kappa shape index (κ1) is 17.0. The van der Waals surface area contributed by atoms with Crippen LogP contribution in [-0.2, 0) is 0 Å². The molecule has 1 aromatic carbocycles. The number of rotatable bonds is 3. The number of thiocarbonyl (C=S) groups is 1. The lowest BCUT2D eigenvalue weighted by Gasteiger charge is -2.09. The lowest BCUT2D eigenvalue weighted by atomic mass is 10.1. The zero-order valence-electron chi connectivity index (χ0n) is 12.4. The van der Waals surface area contributed by atoms with Crippen molar-refractivity contribution in [3.05, 3.63) is 51.7 Å². The third-order valence-electron chi connectivity index (χ3n) is 3.20. The Hall–Kier alpha value is -2.32. The molecule has 0 aliphatic heterocycles. The molecule has 0 saturated heterocycles. The predicted octanol–water partition coefficient (Wildman–Crippen LogP) is 2.73. The van der Waals surface area contributed by atoms with Crippen LogP contribution >= 0.6 is 23.6 Å². The lowest BCUT2D eigenvalue weighted by molar-refractivity contribution is 0.0972. The number of anilines is 1. The minimum absolute atomic E-state index is 0.0398. The van der Waals surface area contributed by atoms with Gasteiger partial charge in [-0.25, -0.2) is 4.39 Å². The highest BCUT2D eigenvalue weighted by Crippen LogP contribution is 2.31. The molecular weight excluding hydrogens is 337 g/mol. The van der Waals surface area contributed by atoms with E-state index < -0.39 is 17.6 Å². The van der Waals surface area contributed by atoms with Gasteiger partial charge >= 0.3 is 0 Å².